The molecule has 0 spiro atoms. The Morgan fingerprint density at radius 2 is 1.93 bits per heavy atom. The molecule has 1 aromatic heterocycles. The van der Waals surface area contributed by atoms with Gasteiger partial charge >= 0.3 is 0 Å². The Hall–Kier alpha value is -4.90. The van der Waals surface area contributed by atoms with E-state index in [2.05, 4.69) is 35.5 Å². The average Bonchev–Trinajstić information content (AvgIpc) is 2.95. The zero-order valence-electron chi connectivity index (χ0n) is 23.6. The number of carbonyl (C=O) groups is 2. The van der Waals surface area contributed by atoms with Gasteiger partial charge in [-0.1, -0.05) is 26.0 Å². The van der Waals surface area contributed by atoms with Crippen LogP contribution >= 0.6 is 0 Å². The van der Waals surface area contributed by atoms with E-state index in [1.54, 1.807) is 55.8 Å². The molecule has 0 saturated heterocycles. The maximum Gasteiger partial charge on any atom is 0.255 e. The number of Topliss-reactive ketones (excluding diaryl/α,β-unsaturated/α-hetero) is 1. The van der Waals surface area contributed by atoms with E-state index in [1.807, 2.05) is 25.1 Å². The lowest BCUT2D eigenvalue weighted by Crippen LogP contribution is -2.39. The van der Waals surface area contributed by atoms with E-state index >= 15 is 0 Å². The molecule has 1 atom stereocenters. The molecule has 1 unspecified atom stereocenters. The van der Waals surface area contributed by atoms with Crippen molar-refractivity contribution in [3.63, 3.8) is 0 Å². The topological polar surface area (TPSA) is 113 Å². The van der Waals surface area contributed by atoms with E-state index in [1.165, 1.54) is 0 Å². The van der Waals surface area contributed by atoms with Gasteiger partial charge in [0, 0.05) is 46.6 Å². The van der Waals surface area contributed by atoms with Crippen LogP contribution < -0.4 is 20.1 Å². The minimum atomic E-state index is -0.585. The highest BCUT2D eigenvalue weighted by molar-refractivity contribution is 6.09. The number of ketones is 1. The molecule has 8 heteroatoms. The second-order valence-corrected chi connectivity index (χ2v) is 11.1. The summed E-state index contributed by atoms with van der Waals surface area (Å²) in [6.45, 7) is 6.23. The molecule has 0 radical (unpaired) electrons. The second kappa shape index (κ2) is 11.3. The number of carbonyl (C=O) groups excluding carboxylic acids is 2. The van der Waals surface area contributed by atoms with E-state index in [4.69, 9.17) is 14.7 Å². The van der Waals surface area contributed by atoms with Crippen LogP contribution in [0.3, 0.4) is 0 Å². The molecule has 0 saturated carbocycles. The van der Waals surface area contributed by atoms with Crippen molar-refractivity contribution in [3.05, 3.63) is 106 Å². The highest BCUT2D eigenvalue weighted by atomic mass is 16.5. The van der Waals surface area contributed by atoms with Crippen molar-refractivity contribution >= 4 is 17.5 Å². The van der Waals surface area contributed by atoms with E-state index < -0.39 is 5.92 Å². The van der Waals surface area contributed by atoms with E-state index in [0.29, 0.717) is 52.6 Å². The molecule has 8 nitrogen and oxygen atoms in total. The Morgan fingerprint density at radius 1 is 1.15 bits per heavy atom. The van der Waals surface area contributed by atoms with Crippen molar-refractivity contribution in [1.29, 1.82) is 5.26 Å². The van der Waals surface area contributed by atoms with E-state index in [9.17, 15) is 9.59 Å². The van der Waals surface area contributed by atoms with Crippen molar-refractivity contribution in [3.8, 4) is 17.6 Å². The Bertz CT molecular complexity index is 1600. The zero-order chi connectivity index (χ0) is 29.1. The number of dihydropyridines is 1. The Kier molecular flexibility index (Phi) is 7.62. The minimum absolute atomic E-state index is 0.0237. The molecule has 3 aromatic rings. The molecule has 2 aromatic carbocycles. The van der Waals surface area contributed by atoms with Crippen LogP contribution in [0.4, 0.5) is 5.82 Å². The van der Waals surface area contributed by atoms with Crippen molar-refractivity contribution in [1.82, 2.24) is 10.3 Å². The van der Waals surface area contributed by atoms with E-state index in [0.717, 1.165) is 16.8 Å². The monoisotopic (exact) mass is 548 g/mol. The van der Waals surface area contributed by atoms with Crippen LogP contribution in [0.2, 0.25) is 0 Å². The van der Waals surface area contributed by atoms with Crippen LogP contribution in [-0.4, -0.2) is 23.8 Å². The van der Waals surface area contributed by atoms with Gasteiger partial charge in [-0.3, -0.25) is 9.59 Å². The van der Waals surface area contributed by atoms with Crippen LogP contribution in [0.15, 0.2) is 89.4 Å². The molecular weight excluding hydrogens is 516 g/mol. The molecule has 1 aliphatic carbocycles. The molecule has 2 aliphatic rings. The maximum atomic E-state index is 13.8. The fourth-order valence-corrected chi connectivity index (χ4v) is 5.57. The van der Waals surface area contributed by atoms with Crippen molar-refractivity contribution < 1.29 is 19.1 Å². The van der Waals surface area contributed by atoms with Gasteiger partial charge < -0.3 is 20.1 Å². The summed E-state index contributed by atoms with van der Waals surface area (Å²) in [6, 6.07) is 20.0. The molecule has 2 heterocycles. The number of hydrogen-bond donors (Lipinski definition) is 2. The van der Waals surface area contributed by atoms with Crippen molar-refractivity contribution in [2.75, 3.05) is 12.4 Å². The van der Waals surface area contributed by atoms with Gasteiger partial charge in [0.2, 0.25) is 0 Å². The lowest BCUT2D eigenvalue weighted by molar-refractivity contribution is -0.118. The summed E-state index contributed by atoms with van der Waals surface area (Å²) in [5.74, 6) is 0.780. The van der Waals surface area contributed by atoms with Gasteiger partial charge in [0.15, 0.2) is 5.78 Å². The molecule has 0 bridgehead atoms. The number of amides is 1. The SMILES string of the molecule is COc1ccc(C2C(C(=O)Nc3ccccn3)=C(C)NC3=C2C(=O)CC(C)(C)C3)cc1COc1ccc(C#N)cc1. The number of hydrogen-bond acceptors (Lipinski definition) is 7. The number of nitrogens with zero attached hydrogens (tertiary/aromatic N) is 2. The summed E-state index contributed by atoms with van der Waals surface area (Å²) in [5.41, 5.74) is 4.54. The Morgan fingerprint density at radius 3 is 2.61 bits per heavy atom. The number of allylic oxidation sites excluding steroid dienone is 3. The van der Waals surface area contributed by atoms with Gasteiger partial charge in [0.25, 0.3) is 5.91 Å². The first-order valence-corrected chi connectivity index (χ1v) is 13.5. The Labute approximate surface area is 239 Å². The number of methoxy groups -OCH3 is 1. The molecule has 1 amide bonds. The highest BCUT2D eigenvalue weighted by Crippen LogP contribution is 2.47. The first-order valence-electron chi connectivity index (χ1n) is 13.5. The van der Waals surface area contributed by atoms with Crippen molar-refractivity contribution in [2.24, 2.45) is 5.41 Å². The lowest BCUT2D eigenvalue weighted by Gasteiger charge is -2.39. The maximum absolute atomic E-state index is 13.8. The third kappa shape index (κ3) is 5.85. The third-order valence-corrected chi connectivity index (χ3v) is 7.41. The van der Waals surface area contributed by atoms with Crippen LogP contribution in [0.25, 0.3) is 0 Å². The summed E-state index contributed by atoms with van der Waals surface area (Å²) in [5, 5.41) is 15.4. The molecular formula is C33H32N4O4. The normalized spacial score (nSPS) is 17.7. The number of nitriles is 1. The molecule has 5 rings (SSSR count). The van der Waals surface area contributed by atoms with Gasteiger partial charge in [0.1, 0.15) is 23.9 Å². The van der Waals surface area contributed by atoms with Gasteiger partial charge in [-0.05, 0) is 72.9 Å². The second-order valence-electron chi connectivity index (χ2n) is 11.1. The largest absolute Gasteiger partial charge is 0.496 e. The first-order chi connectivity index (χ1) is 19.7. The number of ether oxygens (including phenoxy) is 2. The summed E-state index contributed by atoms with van der Waals surface area (Å²) < 4.78 is 11.7. The zero-order valence-corrected chi connectivity index (χ0v) is 23.6. The Balaban J connectivity index is 1.55. The average molecular weight is 549 g/mol. The number of pyridine rings is 1. The number of nitrogens with one attached hydrogen (secondary N) is 2. The van der Waals surface area contributed by atoms with E-state index in [-0.39, 0.29) is 23.7 Å². The van der Waals surface area contributed by atoms with Crippen LogP contribution in [0, 0.1) is 16.7 Å². The first kappa shape index (κ1) is 27.7. The molecule has 0 fully saturated rings. The number of aromatic nitrogens is 1. The van der Waals surface area contributed by atoms with Gasteiger partial charge in [0.05, 0.1) is 18.7 Å². The van der Waals surface area contributed by atoms with Crippen LogP contribution in [0.1, 0.15) is 56.2 Å². The lowest BCUT2D eigenvalue weighted by atomic mass is 9.68. The van der Waals surface area contributed by atoms with Crippen molar-refractivity contribution in [2.45, 2.75) is 46.1 Å². The summed E-state index contributed by atoms with van der Waals surface area (Å²) in [4.78, 5) is 31.7. The fourth-order valence-electron chi connectivity index (χ4n) is 5.57. The molecule has 41 heavy (non-hydrogen) atoms. The smallest absolute Gasteiger partial charge is 0.255 e. The summed E-state index contributed by atoms with van der Waals surface area (Å²) in [6.07, 6.45) is 2.70. The molecule has 1 aliphatic heterocycles. The minimum Gasteiger partial charge on any atom is -0.496 e. The van der Waals surface area contributed by atoms with Crippen LogP contribution in [0.5, 0.6) is 11.5 Å². The standard InChI is InChI=1S/C33H32N4O4/c1-20-29(32(39)37-28-7-5-6-14-35-28)30(31-25(36-20)16-33(2,3)17-26(31)38)22-10-13-27(40-4)23(15-22)19-41-24-11-8-21(18-34)9-12-24/h5-15,30,36H,16-17,19H2,1-4H3,(H,35,37,39). The quantitative estimate of drug-likeness (QED) is 0.385. The van der Waals surface area contributed by atoms with Gasteiger partial charge in [-0.15, -0.1) is 0 Å². The number of rotatable bonds is 7. The summed E-state index contributed by atoms with van der Waals surface area (Å²) in [7, 11) is 1.59. The highest BCUT2D eigenvalue weighted by Gasteiger charge is 2.43. The number of benzene rings is 2. The molecule has 2 N–H and O–H groups in total. The fraction of sp³-hybridized carbons (Fsp3) is 0.273. The predicted octanol–water partition coefficient (Wildman–Crippen LogP) is 5.78. The van der Waals surface area contributed by atoms with Gasteiger partial charge in [-0.25, -0.2) is 4.98 Å². The number of anilines is 1. The third-order valence-electron chi connectivity index (χ3n) is 7.41. The van der Waals surface area contributed by atoms with Crippen LogP contribution in [-0.2, 0) is 16.2 Å². The van der Waals surface area contributed by atoms with Gasteiger partial charge in [-0.2, -0.15) is 5.26 Å². The predicted molar refractivity (Wildman–Crippen MR) is 155 cm³/mol. The summed E-state index contributed by atoms with van der Waals surface area (Å²) >= 11 is 0. The molecule has 208 valence electrons.